The van der Waals surface area contributed by atoms with E-state index in [-0.39, 0.29) is 0 Å². The van der Waals surface area contributed by atoms with Crippen LogP contribution in [0.15, 0.2) is 0 Å². The monoisotopic (exact) mass is 120 g/mol. The van der Waals surface area contributed by atoms with Crippen molar-refractivity contribution in [3.8, 4) is 0 Å². The predicted octanol–water partition coefficient (Wildman–Crippen LogP) is -0.725. The Balaban J connectivity index is 0. The number of urea groups is 1. The van der Waals surface area contributed by atoms with Crippen LogP contribution in [0.25, 0.3) is 0 Å². The maximum Gasteiger partial charge on any atom is 0.309 e. The largest absolute Gasteiger partial charge is 0.352 e. The zero-order valence-electron chi connectivity index (χ0n) is 4.77. The zero-order chi connectivity index (χ0) is 6.28. The van der Waals surface area contributed by atoms with Crippen LogP contribution in [0.1, 0.15) is 0 Å². The number of hydrogen-bond donors (Lipinski definition) is 2. The number of primary amides is 2. The van der Waals surface area contributed by atoms with E-state index in [2.05, 4.69) is 24.6 Å². The van der Waals surface area contributed by atoms with Crippen molar-refractivity contribution < 1.29 is 4.79 Å². The summed E-state index contributed by atoms with van der Waals surface area (Å²) >= 11 is 0. The van der Waals surface area contributed by atoms with Crippen molar-refractivity contribution >= 4 is 15.6 Å². The van der Waals surface area contributed by atoms with Gasteiger partial charge >= 0.3 is 6.03 Å². The molecule has 0 aliphatic heterocycles. The average Bonchev–Trinajstić information content (AvgIpc) is 1.33. The third-order valence-electron chi connectivity index (χ3n) is 0. The van der Waals surface area contributed by atoms with E-state index in [1.807, 2.05) is 0 Å². The van der Waals surface area contributed by atoms with E-state index in [0.29, 0.717) is 9.52 Å². The fourth-order valence-electron chi connectivity index (χ4n) is 0. The third-order valence-corrected chi connectivity index (χ3v) is 0. The molecule has 0 spiro atoms. The first-order valence-corrected chi connectivity index (χ1v) is 5.02. The Hall–Kier alpha value is -0.513. The summed E-state index contributed by atoms with van der Waals surface area (Å²) in [6.45, 7) is 4.53. The van der Waals surface area contributed by atoms with Gasteiger partial charge in [-0.05, 0) is 0 Å². The van der Waals surface area contributed by atoms with Crippen LogP contribution < -0.4 is 11.5 Å². The van der Waals surface area contributed by atoms with Crippen LogP contribution in [-0.4, -0.2) is 15.6 Å². The van der Waals surface area contributed by atoms with E-state index in [4.69, 9.17) is 4.79 Å². The molecule has 0 saturated heterocycles. The first kappa shape index (κ1) is 9.70. The second-order valence-corrected chi connectivity index (χ2v) is 2.52. The van der Waals surface area contributed by atoms with Crippen molar-refractivity contribution in [1.82, 2.24) is 0 Å². The van der Waals surface area contributed by atoms with Gasteiger partial charge in [0.05, 0.1) is 0 Å². The second-order valence-electron chi connectivity index (χ2n) is 1.11. The maximum absolute atomic E-state index is 9.00. The molecule has 2 amide bonds. The Morgan fingerprint density at radius 2 is 1.43 bits per heavy atom. The molecular weight excluding hydrogens is 108 g/mol. The van der Waals surface area contributed by atoms with Gasteiger partial charge in [-0.3, -0.25) is 0 Å². The molecule has 0 saturated carbocycles. The molecule has 0 rings (SSSR count). The van der Waals surface area contributed by atoms with Crippen molar-refractivity contribution in [1.29, 1.82) is 0 Å². The van der Waals surface area contributed by atoms with E-state index in [0.717, 1.165) is 0 Å². The van der Waals surface area contributed by atoms with Crippen LogP contribution >= 0.6 is 0 Å². The first-order valence-electron chi connectivity index (χ1n) is 2.20. The molecule has 0 radical (unpaired) electrons. The number of hydrogen-bond acceptors (Lipinski definition) is 1. The molecule has 0 aromatic heterocycles. The van der Waals surface area contributed by atoms with Gasteiger partial charge in [0, 0.05) is 9.52 Å². The molecule has 44 valence electrons. The zero-order valence-corrected chi connectivity index (χ0v) is 6.18. The summed E-state index contributed by atoms with van der Waals surface area (Å²) in [7, 11) is 0.417. The quantitative estimate of drug-likeness (QED) is 0.407. The standard InChI is InChI=1S/C2H8Si.CH4N2O/c1-3-2;2-1(3)4/h3H2,1-2H3;(H4,2,3,4). The molecule has 0 bridgehead atoms. The molecule has 4 heteroatoms. The number of carbonyl (C=O) groups excluding carboxylic acids is 1. The fourth-order valence-corrected chi connectivity index (χ4v) is 0. The second kappa shape index (κ2) is 9.09. The summed E-state index contributed by atoms with van der Waals surface area (Å²) in [6.07, 6.45) is 0. The van der Waals surface area contributed by atoms with Gasteiger partial charge in [-0.25, -0.2) is 4.79 Å². The lowest BCUT2D eigenvalue weighted by Gasteiger charge is -1.62. The summed E-state index contributed by atoms with van der Waals surface area (Å²) in [5.74, 6) is 0. The Labute approximate surface area is 45.9 Å². The maximum atomic E-state index is 9.00. The van der Waals surface area contributed by atoms with E-state index < -0.39 is 6.03 Å². The molecular formula is C3H12N2OSi. The first-order chi connectivity index (χ1) is 3.15. The molecule has 0 aliphatic carbocycles. The summed E-state index contributed by atoms with van der Waals surface area (Å²) in [5.41, 5.74) is 8.50. The van der Waals surface area contributed by atoms with Crippen molar-refractivity contribution in [3.05, 3.63) is 0 Å². The molecule has 3 nitrogen and oxygen atoms in total. The van der Waals surface area contributed by atoms with Crippen LogP contribution in [0.2, 0.25) is 13.1 Å². The van der Waals surface area contributed by atoms with Crippen LogP contribution in [-0.2, 0) is 0 Å². The normalized spacial score (nSPS) is 6.00. The van der Waals surface area contributed by atoms with Crippen molar-refractivity contribution in [3.63, 3.8) is 0 Å². The van der Waals surface area contributed by atoms with Gasteiger partial charge in [-0.2, -0.15) is 0 Å². The van der Waals surface area contributed by atoms with E-state index in [9.17, 15) is 0 Å². The minimum absolute atomic E-state index is 0.417. The molecule has 0 aromatic carbocycles. The Bertz CT molecular complexity index is 44.2. The van der Waals surface area contributed by atoms with Gasteiger partial charge in [0.25, 0.3) is 0 Å². The fraction of sp³-hybridized carbons (Fsp3) is 0.667. The Morgan fingerprint density at radius 3 is 1.43 bits per heavy atom. The number of amides is 2. The Morgan fingerprint density at radius 1 is 1.43 bits per heavy atom. The molecule has 0 fully saturated rings. The van der Waals surface area contributed by atoms with Crippen LogP contribution in [0.5, 0.6) is 0 Å². The molecule has 0 atom stereocenters. The SMILES string of the molecule is C[SiH2]C.NC(N)=O. The molecule has 0 aromatic rings. The van der Waals surface area contributed by atoms with Crippen LogP contribution in [0.3, 0.4) is 0 Å². The average molecular weight is 120 g/mol. The van der Waals surface area contributed by atoms with Gasteiger partial charge in [0.15, 0.2) is 0 Å². The van der Waals surface area contributed by atoms with Gasteiger partial charge in [0.2, 0.25) is 0 Å². The summed E-state index contributed by atoms with van der Waals surface area (Å²) in [6, 6.07) is -0.833. The molecule has 4 N–H and O–H groups in total. The van der Waals surface area contributed by atoms with Crippen molar-refractivity contribution in [2.75, 3.05) is 0 Å². The highest BCUT2D eigenvalue weighted by Gasteiger charge is 1.60. The molecule has 0 heterocycles. The topological polar surface area (TPSA) is 69.1 Å². The molecule has 0 unspecified atom stereocenters. The smallest absolute Gasteiger partial charge is 0.309 e. The molecule has 0 aliphatic rings. The van der Waals surface area contributed by atoms with E-state index in [1.54, 1.807) is 0 Å². The summed E-state index contributed by atoms with van der Waals surface area (Å²) in [5, 5.41) is 0. The number of rotatable bonds is 0. The minimum atomic E-state index is -0.833. The predicted molar refractivity (Wildman–Crippen MR) is 34.0 cm³/mol. The highest BCUT2D eigenvalue weighted by atomic mass is 28.2. The minimum Gasteiger partial charge on any atom is -0.352 e. The molecule has 7 heavy (non-hydrogen) atoms. The highest BCUT2D eigenvalue weighted by molar-refractivity contribution is 6.31. The van der Waals surface area contributed by atoms with E-state index in [1.165, 1.54) is 0 Å². The van der Waals surface area contributed by atoms with Crippen LogP contribution in [0, 0.1) is 0 Å². The van der Waals surface area contributed by atoms with Gasteiger partial charge < -0.3 is 11.5 Å². The summed E-state index contributed by atoms with van der Waals surface area (Å²) in [4.78, 5) is 9.00. The highest BCUT2D eigenvalue weighted by Crippen LogP contribution is 1.36. The van der Waals surface area contributed by atoms with Crippen LogP contribution in [0.4, 0.5) is 4.79 Å². The number of nitrogens with two attached hydrogens (primary N) is 2. The lowest BCUT2D eigenvalue weighted by Crippen LogP contribution is -2.18. The number of carbonyl (C=O) groups is 1. The summed E-state index contributed by atoms with van der Waals surface area (Å²) < 4.78 is 0. The van der Waals surface area contributed by atoms with Crippen molar-refractivity contribution in [2.24, 2.45) is 11.5 Å². The lowest BCUT2D eigenvalue weighted by atomic mass is 11.2. The van der Waals surface area contributed by atoms with Crippen molar-refractivity contribution in [2.45, 2.75) is 13.1 Å². The third kappa shape index (κ3) is 253. The van der Waals surface area contributed by atoms with Gasteiger partial charge in [-0.1, -0.05) is 13.1 Å². The van der Waals surface area contributed by atoms with Gasteiger partial charge in [-0.15, -0.1) is 0 Å². The van der Waals surface area contributed by atoms with Gasteiger partial charge in [0.1, 0.15) is 0 Å². The Kier molecular flexibility index (Phi) is 12.6. The lowest BCUT2D eigenvalue weighted by molar-refractivity contribution is 0.256. The van der Waals surface area contributed by atoms with E-state index >= 15 is 0 Å².